The third-order valence-corrected chi connectivity index (χ3v) is 4.34. The van der Waals surface area contributed by atoms with Crippen LogP contribution in [0.4, 0.5) is 15.8 Å². The van der Waals surface area contributed by atoms with Crippen LogP contribution in [-0.4, -0.2) is 11.8 Å². The van der Waals surface area contributed by atoms with Gasteiger partial charge in [-0.05, 0) is 49.4 Å². The topological polar surface area (TPSA) is 71.3 Å². The number of anilines is 2. The maximum Gasteiger partial charge on any atom is 0.293 e. The first-order valence-corrected chi connectivity index (χ1v) is 8.95. The van der Waals surface area contributed by atoms with E-state index in [1.165, 1.54) is 24.3 Å². The van der Waals surface area contributed by atoms with Crippen molar-refractivity contribution in [1.82, 2.24) is 0 Å². The SMILES string of the molecule is CC(C)CC(=O)Nc1c(C(=O)Nc2ccc(F)cc2)oc2c1CCCC2. The lowest BCUT2D eigenvalue weighted by atomic mass is 9.97. The minimum Gasteiger partial charge on any atom is -0.453 e. The number of amides is 2. The second kappa shape index (κ2) is 7.72. The van der Waals surface area contributed by atoms with E-state index in [1.54, 1.807) is 0 Å². The molecule has 2 aromatic rings. The van der Waals surface area contributed by atoms with Crippen molar-refractivity contribution in [3.05, 3.63) is 47.2 Å². The van der Waals surface area contributed by atoms with E-state index in [0.29, 0.717) is 17.8 Å². The van der Waals surface area contributed by atoms with Crippen molar-refractivity contribution in [2.75, 3.05) is 10.6 Å². The average Bonchev–Trinajstić information content (AvgIpc) is 2.95. The van der Waals surface area contributed by atoms with Crippen LogP contribution in [0.2, 0.25) is 0 Å². The molecule has 3 rings (SSSR count). The molecule has 26 heavy (non-hydrogen) atoms. The molecule has 0 radical (unpaired) electrons. The highest BCUT2D eigenvalue weighted by atomic mass is 19.1. The lowest BCUT2D eigenvalue weighted by molar-refractivity contribution is -0.116. The molecule has 0 atom stereocenters. The van der Waals surface area contributed by atoms with Gasteiger partial charge in [-0.25, -0.2) is 4.39 Å². The van der Waals surface area contributed by atoms with Crippen LogP contribution in [0, 0.1) is 11.7 Å². The second-order valence-corrected chi connectivity index (χ2v) is 7.02. The molecular weight excluding hydrogens is 335 g/mol. The molecule has 1 aromatic carbocycles. The Kier molecular flexibility index (Phi) is 5.40. The van der Waals surface area contributed by atoms with Gasteiger partial charge in [-0.1, -0.05) is 13.8 Å². The van der Waals surface area contributed by atoms with Gasteiger partial charge < -0.3 is 15.1 Å². The van der Waals surface area contributed by atoms with Crippen LogP contribution in [0.25, 0.3) is 0 Å². The molecule has 138 valence electrons. The first-order valence-electron chi connectivity index (χ1n) is 8.95. The van der Waals surface area contributed by atoms with Crippen molar-refractivity contribution in [1.29, 1.82) is 0 Å². The monoisotopic (exact) mass is 358 g/mol. The highest BCUT2D eigenvalue weighted by Crippen LogP contribution is 2.34. The van der Waals surface area contributed by atoms with Crippen molar-refractivity contribution in [2.45, 2.75) is 46.0 Å². The summed E-state index contributed by atoms with van der Waals surface area (Å²) in [5.74, 6) is 0.127. The zero-order valence-electron chi connectivity index (χ0n) is 15.0. The molecule has 1 aromatic heterocycles. The molecule has 0 saturated carbocycles. The molecule has 0 aliphatic heterocycles. The number of carbonyl (C=O) groups is 2. The lowest BCUT2D eigenvalue weighted by Crippen LogP contribution is -2.19. The van der Waals surface area contributed by atoms with Crippen LogP contribution in [0.3, 0.4) is 0 Å². The van der Waals surface area contributed by atoms with Crippen LogP contribution in [-0.2, 0) is 17.6 Å². The number of carbonyl (C=O) groups excluding carboxylic acids is 2. The van der Waals surface area contributed by atoms with Crippen LogP contribution >= 0.6 is 0 Å². The lowest BCUT2D eigenvalue weighted by Gasteiger charge is -2.12. The molecule has 1 heterocycles. The summed E-state index contributed by atoms with van der Waals surface area (Å²) in [6.45, 7) is 3.93. The van der Waals surface area contributed by atoms with Crippen LogP contribution < -0.4 is 10.6 Å². The van der Waals surface area contributed by atoms with E-state index in [2.05, 4.69) is 10.6 Å². The van der Waals surface area contributed by atoms with Gasteiger partial charge in [0.2, 0.25) is 11.7 Å². The van der Waals surface area contributed by atoms with Gasteiger partial charge in [0.25, 0.3) is 5.91 Å². The maximum atomic E-state index is 13.0. The van der Waals surface area contributed by atoms with Gasteiger partial charge in [0.05, 0.1) is 5.69 Å². The largest absolute Gasteiger partial charge is 0.453 e. The Morgan fingerprint density at radius 2 is 1.81 bits per heavy atom. The van der Waals surface area contributed by atoms with E-state index in [4.69, 9.17) is 4.42 Å². The molecule has 0 spiro atoms. The number of fused-ring (bicyclic) bond motifs is 1. The summed E-state index contributed by atoms with van der Waals surface area (Å²) in [5, 5.41) is 5.57. The van der Waals surface area contributed by atoms with Gasteiger partial charge in [0.15, 0.2) is 0 Å². The number of rotatable bonds is 5. The summed E-state index contributed by atoms with van der Waals surface area (Å²) in [7, 11) is 0. The van der Waals surface area contributed by atoms with Crippen molar-refractivity contribution >= 4 is 23.2 Å². The number of furan rings is 1. The zero-order valence-corrected chi connectivity index (χ0v) is 15.0. The quantitative estimate of drug-likeness (QED) is 0.824. The summed E-state index contributed by atoms with van der Waals surface area (Å²) >= 11 is 0. The van der Waals surface area contributed by atoms with Gasteiger partial charge in [-0.2, -0.15) is 0 Å². The maximum absolute atomic E-state index is 13.0. The minimum atomic E-state index is -0.453. The molecule has 6 heteroatoms. The summed E-state index contributed by atoms with van der Waals surface area (Å²) in [6, 6.07) is 5.50. The van der Waals surface area contributed by atoms with E-state index in [0.717, 1.165) is 37.0 Å². The van der Waals surface area contributed by atoms with Gasteiger partial charge in [-0.3, -0.25) is 9.59 Å². The first kappa shape index (κ1) is 18.2. The number of benzene rings is 1. The third kappa shape index (κ3) is 4.12. The Balaban J connectivity index is 1.87. The Morgan fingerprint density at radius 3 is 2.50 bits per heavy atom. The highest BCUT2D eigenvalue weighted by molar-refractivity contribution is 6.09. The Labute approximate surface area is 152 Å². The molecule has 2 N–H and O–H groups in total. The molecule has 0 saturated heterocycles. The van der Waals surface area contributed by atoms with E-state index >= 15 is 0 Å². The summed E-state index contributed by atoms with van der Waals surface area (Å²) < 4.78 is 18.8. The fourth-order valence-corrected chi connectivity index (χ4v) is 3.14. The molecule has 0 unspecified atom stereocenters. The molecule has 2 amide bonds. The second-order valence-electron chi connectivity index (χ2n) is 7.02. The van der Waals surface area contributed by atoms with E-state index in [-0.39, 0.29) is 23.4 Å². The van der Waals surface area contributed by atoms with Crippen molar-refractivity contribution in [3.8, 4) is 0 Å². The predicted octanol–water partition coefficient (Wildman–Crippen LogP) is 4.53. The first-order chi connectivity index (χ1) is 12.4. The highest BCUT2D eigenvalue weighted by Gasteiger charge is 2.28. The smallest absolute Gasteiger partial charge is 0.293 e. The van der Waals surface area contributed by atoms with Crippen LogP contribution in [0.1, 0.15) is 55.0 Å². The zero-order chi connectivity index (χ0) is 18.7. The summed E-state index contributed by atoms with van der Waals surface area (Å²) in [5.41, 5.74) is 1.85. The molecular formula is C20H23FN2O3. The number of hydrogen-bond donors (Lipinski definition) is 2. The number of aryl methyl sites for hydroxylation is 1. The van der Waals surface area contributed by atoms with Crippen molar-refractivity contribution in [2.24, 2.45) is 5.92 Å². The Bertz CT molecular complexity index is 809. The van der Waals surface area contributed by atoms with Gasteiger partial charge in [0.1, 0.15) is 11.6 Å². The molecule has 5 nitrogen and oxygen atoms in total. The normalized spacial score (nSPS) is 13.4. The Hall–Kier alpha value is -2.63. The average molecular weight is 358 g/mol. The standard InChI is InChI=1S/C20H23FN2O3/c1-12(2)11-17(24)23-18-15-5-3-4-6-16(15)26-19(18)20(25)22-14-9-7-13(21)8-10-14/h7-10,12H,3-6,11H2,1-2H3,(H,22,25)(H,23,24). The number of nitrogens with one attached hydrogen (secondary N) is 2. The minimum absolute atomic E-state index is 0.110. The molecule has 1 aliphatic carbocycles. The molecule has 0 fully saturated rings. The van der Waals surface area contributed by atoms with Gasteiger partial charge >= 0.3 is 0 Å². The fraction of sp³-hybridized carbons (Fsp3) is 0.400. The molecule has 0 bridgehead atoms. The molecule has 1 aliphatic rings. The van der Waals surface area contributed by atoms with E-state index in [9.17, 15) is 14.0 Å². The summed E-state index contributed by atoms with van der Waals surface area (Å²) in [6.07, 6.45) is 3.91. The predicted molar refractivity (Wildman–Crippen MR) is 97.8 cm³/mol. The van der Waals surface area contributed by atoms with E-state index < -0.39 is 5.91 Å². The van der Waals surface area contributed by atoms with Gasteiger partial charge in [-0.15, -0.1) is 0 Å². The van der Waals surface area contributed by atoms with E-state index in [1.807, 2.05) is 13.8 Å². The number of hydrogen-bond acceptors (Lipinski definition) is 3. The Morgan fingerprint density at radius 1 is 1.12 bits per heavy atom. The fourth-order valence-electron chi connectivity index (χ4n) is 3.14. The van der Waals surface area contributed by atoms with Crippen molar-refractivity contribution < 1.29 is 18.4 Å². The van der Waals surface area contributed by atoms with Crippen LogP contribution in [0.5, 0.6) is 0 Å². The third-order valence-electron chi connectivity index (χ3n) is 4.34. The van der Waals surface area contributed by atoms with Crippen molar-refractivity contribution in [3.63, 3.8) is 0 Å². The summed E-state index contributed by atoms with van der Waals surface area (Å²) in [4.78, 5) is 24.9. The van der Waals surface area contributed by atoms with Gasteiger partial charge in [0, 0.05) is 24.1 Å². The number of halogens is 1. The van der Waals surface area contributed by atoms with Crippen LogP contribution in [0.15, 0.2) is 28.7 Å².